The van der Waals surface area contributed by atoms with Gasteiger partial charge in [-0.3, -0.25) is 4.68 Å². The van der Waals surface area contributed by atoms with Crippen LogP contribution < -0.4 is 0 Å². The summed E-state index contributed by atoms with van der Waals surface area (Å²) in [5.74, 6) is 0.0223. The number of halogens is 1. The van der Waals surface area contributed by atoms with Crippen LogP contribution >= 0.6 is 11.6 Å². The van der Waals surface area contributed by atoms with E-state index in [1.54, 1.807) is 4.90 Å². The van der Waals surface area contributed by atoms with Gasteiger partial charge < -0.3 is 14.7 Å². The average Bonchev–Trinajstić information content (AvgIpc) is 3.06. The molecule has 24 heavy (non-hydrogen) atoms. The minimum atomic E-state index is -0.559. The van der Waals surface area contributed by atoms with Gasteiger partial charge >= 0.3 is 6.09 Å². The third kappa shape index (κ3) is 4.42. The summed E-state index contributed by atoms with van der Waals surface area (Å²) in [5.41, 5.74) is 1.13. The Morgan fingerprint density at radius 2 is 2.17 bits per heavy atom. The van der Waals surface area contributed by atoms with E-state index in [-0.39, 0.29) is 12.0 Å². The molecule has 0 radical (unpaired) electrons. The van der Waals surface area contributed by atoms with Crippen molar-refractivity contribution < 1.29 is 14.6 Å². The Kier molecular flexibility index (Phi) is 5.81. The van der Waals surface area contributed by atoms with E-state index in [1.807, 2.05) is 39.3 Å². The molecule has 0 aliphatic carbocycles. The predicted molar refractivity (Wildman–Crippen MR) is 93.3 cm³/mol. The van der Waals surface area contributed by atoms with E-state index >= 15 is 0 Å². The molecule has 1 N–H and O–H groups in total. The zero-order valence-electron chi connectivity index (χ0n) is 15.2. The summed E-state index contributed by atoms with van der Waals surface area (Å²) < 4.78 is 7.23. The molecule has 1 saturated heterocycles. The molecule has 1 aliphatic heterocycles. The highest BCUT2D eigenvalue weighted by Gasteiger charge is 2.34. The smallest absolute Gasteiger partial charge is 0.410 e. The van der Waals surface area contributed by atoms with Crippen LogP contribution in [0.5, 0.6) is 0 Å². The lowest BCUT2D eigenvalue weighted by molar-refractivity contribution is 0.0268. The van der Waals surface area contributed by atoms with Crippen LogP contribution in [0.25, 0.3) is 0 Å². The molecular weight excluding hydrogens is 330 g/mol. The molecule has 2 atom stereocenters. The number of hydrogen-bond donors (Lipinski definition) is 1. The molecule has 0 aromatic carbocycles. The Hall–Kier alpha value is -1.27. The number of likely N-dealkylation sites (tertiary alicyclic amines) is 1. The Morgan fingerprint density at radius 3 is 2.75 bits per heavy atom. The SMILES string of the molecule is CCn1nc(C)c(Cl)c1CC(O)C1CCN(C(=O)OC(C)(C)C)C1. The number of aliphatic hydroxyl groups excluding tert-OH is 1. The molecule has 2 rings (SSSR count). The number of carbonyl (C=O) groups is 1. The summed E-state index contributed by atoms with van der Waals surface area (Å²) in [6, 6.07) is 0. The summed E-state index contributed by atoms with van der Waals surface area (Å²) in [6.07, 6.45) is 0.332. The average molecular weight is 358 g/mol. The number of rotatable bonds is 4. The fourth-order valence-electron chi connectivity index (χ4n) is 3.02. The van der Waals surface area contributed by atoms with Crippen LogP contribution in [0.1, 0.15) is 45.5 Å². The first kappa shape index (κ1) is 19.1. The maximum Gasteiger partial charge on any atom is 0.410 e. The van der Waals surface area contributed by atoms with E-state index < -0.39 is 11.7 Å². The number of hydrogen-bond acceptors (Lipinski definition) is 4. The van der Waals surface area contributed by atoms with Gasteiger partial charge in [0.1, 0.15) is 5.60 Å². The van der Waals surface area contributed by atoms with Crippen molar-refractivity contribution in [2.75, 3.05) is 13.1 Å². The van der Waals surface area contributed by atoms with E-state index in [2.05, 4.69) is 5.10 Å². The monoisotopic (exact) mass is 357 g/mol. The normalized spacial score (nSPS) is 19.6. The van der Waals surface area contributed by atoms with Crippen molar-refractivity contribution in [2.45, 2.75) is 65.7 Å². The lowest BCUT2D eigenvalue weighted by Gasteiger charge is -2.25. The van der Waals surface area contributed by atoms with Crippen LogP contribution in [0.3, 0.4) is 0 Å². The molecule has 2 heterocycles. The van der Waals surface area contributed by atoms with Crippen molar-refractivity contribution in [3.05, 3.63) is 16.4 Å². The Labute approximate surface area is 148 Å². The van der Waals surface area contributed by atoms with E-state index in [0.717, 1.165) is 17.8 Å². The third-order valence-corrected chi connectivity index (χ3v) is 4.77. The highest BCUT2D eigenvalue weighted by Crippen LogP contribution is 2.27. The number of ether oxygens (including phenoxy) is 1. The van der Waals surface area contributed by atoms with Gasteiger partial charge in [0.2, 0.25) is 0 Å². The Balaban J connectivity index is 1.98. The summed E-state index contributed by atoms with van der Waals surface area (Å²) in [5, 5.41) is 15.6. The summed E-state index contributed by atoms with van der Waals surface area (Å²) in [4.78, 5) is 13.8. The van der Waals surface area contributed by atoms with E-state index in [4.69, 9.17) is 16.3 Å². The predicted octanol–water partition coefficient (Wildman–Crippen LogP) is 3.03. The van der Waals surface area contributed by atoms with Crippen molar-refractivity contribution in [3.63, 3.8) is 0 Å². The molecule has 1 amide bonds. The highest BCUT2D eigenvalue weighted by atomic mass is 35.5. The van der Waals surface area contributed by atoms with Gasteiger partial charge in [0, 0.05) is 32.0 Å². The van der Waals surface area contributed by atoms with Crippen LogP contribution in [-0.2, 0) is 17.7 Å². The van der Waals surface area contributed by atoms with Crippen molar-refractivity contribution in [2.24, 2.45) is 5.92 Å². The molecule has 1 aliphatic rings. The topological polar surface area (TPSA) is 67.6 Å². The van der Waals surface area contributed by atoms with Gasteiger partial charge in [0.05, 0.1) is 22.5 Å². The zero-order valence-corrected chi connectivity index (χ0v) is 15.9. The van der Waals surface area contributed by atoms with Crippen LogP contribution in [0.15, 0.2) is 0 Å². The van der Waals surface area contributed by atoms with Crippen LogP contribution in [0.4, 0.5) is 4.79 Å². The first-order chi connectivity index (χ1) is 11.1. The van der Waals surface area contributed by atoms with Gasteiger partial charge in [-0.15, -0.1) is 0 Å². The van der Waals surface area contributed by atoms with Gasteiger partial charge in [-0.25, -0.2) is 4.79 Å². The molecule has 0 saturated carbocycles. The molecule has 7 heteroatoms. The quantitative estimate of drug-likeness (QED) is 0.899. The van der Waals surface area contributed by atoms with Gasteiger partial charge in [-0.1, -0.05) is 11.6 Å². The van der Waals surface area contributed by atoms with Gasteiger partial charge in [-0.05, 0) is 41.0 Å². The number of carbonyl (C=O) groups excluding carboxylic acids is 1. The van der Waals surface area contributed by atoms with Crippen LogP contribution in [-0.4, -0.2) is 50.7 Å². The fourth-order valence-corrected chi connectivity index (χ4v) is 3.23. The molecule has 2 unspecified atom stereocenters. The van der Waals surface area contributed by atoms with E-state index in [1.165, 1.54) is 0 Å². The maximum atomic E-state index is 12.1. The number of amides is 1. The summed E-state index contributed by atoms with van der Waals surface area (Å²) in [6.45, 7) is 11.2. The lowest BCUT2D eigenvalue weighted by Crippen LogP contribution is -2.36. The number of aliphatic hydroxyl groups is 1. The van der Waals surface area contributed by atoms with E-state index in [9.17, 15) is 9.90 Å². The Morgan fingerprint density at radius 1 is 1.50 bits per heavy atom. The molecule has 1 aromatic heterocycles. The second-order valence-electron chi connectivity index (χ2n) is 7.41. The van der Waals surface area contributed by atoms with E-state index in [0.29, 0.717) is 31.1 Å². The number of aromatic nitrogens is 2. The first-order valence-corrected chi connectivity index (χ1v) is 8.88. The minimum absolute atomic E-state index is 0.0223. The standard InChI is InChI=1S/C17H28ClN3O3/c1-6-21-13(15(18)11(2)19-21)9-14(22)12-7-8-20(10-12)16(23)24-17(3,4)5/h12,14,22H,6-10H2,1-5H3. The highest BCUT2D eigenvalue weighted by molar-refractivity contribution is 6.31. The molecule has 1 aromatic rings. The van der Waals surface area contributed by atoms with Crippen molar-refractivity contribution in [3.8, 4) is 0 Å². The van der Waals surface area contributed by atoms with Gasteiger partial charge in [0.15, 0.2) is 0 Å². The second-order valence-corrected chi connectivity index (χ2v) is 7.79. The molecule has 136 valence electrons. The lowest BCUT2D eigenvalue weighted by atomic mass is 9.97. The van der Waals surface area contributed by atoms with Crippen molar-refractivity contribution in [1.82, 2.24) is 14.7 Å². The van der Waals surface area contributed by atoms with Crippen LogP contribution in [0.2, 0.25) is 5.02 Å². The summed E-state index contributed by atoms with van der Waals surface area (Å²) in [7, 11) is 0. The molecule has 0 bridgehead atoms. The Bertz CT molecular complexity index is 595. The molecule has 0 spiro atoms. The third-order valence-electron chi connectivity index (χ3n) is 4.28. The van der Waals surface area contributed by atoms with Gasteiger partial charge in [-0.2, -0.15) is 5.10 Å². The fraction of sp³-hybridized carbons (Fsp3) is 0.765. The maximum absolute atomic E-state index is 12.1. The minimum Gasteiger partial charge on any atom is -0.444 e. The summed E-state index contributed by atoms with van der Waals surface area (Å²) >= 11 is 6.32. The number of aryl methyl sites for hydroxylation is 2. The molecule has 1 fully saturated rings. The van der Waals surface area contributed by atoms with Crippen molar-refractivity contribution >= 4 is 17.7 Å². The van der Waals surface area contributed by atoms with Crippen LogP contribution in [0, 0.1) is 12.8 Å². The largest absolute Gasteiger partial charge is 0.444 e. The first-order valence-electron chi connectivity index (χ1n) is 8.50. The molecular formula is C17H28ClN3O3. The molecule has 6 nitrogen and oxygen atoms in total. The van der Waals surface area contributed by atoms with Gasteiger partial charge in [0.25, 0.3) is 0 Å². The second kappa shape index (κ2) is 7.31. The zero-order chi connectivity index (χ0) is 18.1. The van der Waals surface area contributed by atoms with Crippen molar-refractivity contribution in [1.29, 1.82) is 0 Å². The number of nitrogens with zero attached hydrogens (tertiary/aromatic N) is 3.